The standard InChI is InChI=1S/C25H29N3O7/c1-5-9-18-21(24(29)35-15(2)3)22(27-25(30)26-18)17-12-19(28(31)32)23(20(13-17)33-4)34-14-16-10-7-6-8-11-16/h6-8,10-13,15,22H,5,9,14H2,1-4H3,(H2,26,27,30). The second kappa shape index (κ2) is 11.4. The van der Waals surface area contributed by atoms with Gasteiger partial charge in [0.25, 0.3) is 0 Å². The molecule has 0 saturated heterocycles. The predicted octanol–water partition coefficient (Wildman–Crippen LogP) is 4.54. The number of hydrogen-bond donors (Lipinski definition) is 2. The number of ether oxygens (including phenoxy) is 3. The minimum absolute atomic E-state index is 0.0468. The maximum Gasteiger partial charge on any atom is 0.338 e. The van der Waals surface area contributed by atoms with Crippen LogP contribution in [0.3, 0.4) is 0 Å². The first kappa shape index (κ1) is 25.5. The largest absolute Gasteiger partial charge is 0.493 e. The van der Waals surface area contributed by atoms with E-state index in [4.69, 9.17) is 14.2 Å². The van der Waals surface area contributed by atoms with Gasteiger partial charge in [-0.25, -0.2) is 9.59 Å². The van der Waals surface area contributed by atoms with Crippen molar-refractivity contribution in [1.29, 1.82) is 0 Å². The van der Waals surface area contributed by atoms with Gasteiger partial charge in [0, 0.05) is 11.8 Å². The van der Waals surface area contributed by atoms with E-state index < -0.39 is 29.1 Å². The third-order valence-electron chi connectivity index (χ3n) is 5.25. The van der Waals surface area contributed by atoms with Crippen LogP contribution in [-0.2, 0) is 16.1 Å². The van der Waals surface area contributed by atoms with Crippen LogP contribution in [0.15, 0.2) is 53.7 Å². The van der Waals surface area contributed by atoms with Gasteiger partial charge < -0.3 is 24.8 Å². The number of allylic oxidation sites excluding steroid dienone is 1. The molecule has 0 bridgehead atoms. The number of carbonyl (C=O) groups excluding carboxylic acids is 2. The molecule has 1 aliphatic rings. The third-order valence-corrected chi connectivity index (χ3v) is 5.25. The molecule has 0 radical (unpaired) electrons. The smallest absolute Gasteiger partial charge is 0.338 e. The van der Waals surface area contributed by atoms with Gasteiger partial charge in [0.15, 0.2) is 5.75 Å². The molecule has 1 atom stereocenters. The van der Waals surface area contributed by atoms with E-state index in [-0.39, 0.29) is 29.4 Å². The Morgan fingerprint density at radius 3 is 2.51 bits per heavy atom. The van der Waals surface area contributed by atoms with Crippen molar-refractivity contribution in [2.45, 2.75) is 52.4 Å². The van der Waals surface area contributed by atoms with Crippen LogP contribution in [0.25, 0.3) is 0 Å². The zero-order chi connectivity index (χ0) is 25.5. The maximum atomic E-state index is 13.0. The molecule has 0 spiro atoms. The number of hydrogen-bond acceptors (Lipinski definition) is 7. The number of rotatable bonds is 10. The quantitative estimate of drug-likeness (QED) is 0.288. The Labute approximate surface area is 203 Å². The van der Waals surface area contributed by atoms with Crippen LogP contribution in [0.2, 0.25) is 0 Å². The minimum Gasteiger partial charge on any atom is -0.493 e. The summed E-state index contributed by atoms with van der Waals surface area (Å²) in [5, 5.41) is 17.4. The molecular weight excluding hydrogens is 454 g/mol. The van der Waals surface area contributed by atoms with Crippen molar-refractivity contribution in [3.05, 3.63) is 75.0 Å². The molecule has 1 aliphatic heterocycles. The second-order valence-electron chi connectivity index (χ2n) is 8.23. The molecule has 0 aromatic heterocycles. The fourth-order valence-corrected chi connectivity index (χ4v) is 3.77. The van der Waals surface area contributed by atoms with Crippen LogP contribution < -0.4 is 20.1 Å². The van der Waals surface area contributed by atoms with Gasteiger partial charge in [0.05, 0.1) is 29.8 Å². The fourth-order valence-electron chi connectivity index (χ4n) is 3.77. The first-order valence-corrected chi connectivity index (χ1v) is 11.3. The number of amides is 2. The summed E-state index contributed by atoms with van der Waals surface area (Å²) in [6.07, 6.45) is 0.689. The van der Waals surface area contributed by atoms with Crippen molar-refractivity contribution in [3.63, 3.8) is 0 Å². The lowest BCUT2D eigenvalue weighted by atomic mass is 9.93. The first-order valence-electron chi connectivity index (χ1n) is 11.3. The molecule has 2 aromatic rings. The number of nitrogens with zero attached hydrogens (tertiary/aromatic N) is 1. The zero-order valence-electron chi connectivity index (χ0n) is 20.1. The van der Waals surface area contributed by atoms with E-state index in [9.17, 15) is 19.7 Å². The normalized spacial score (nSPS) is 15.3. The number of methoxy groups -OCH3 is 1. The van der Waals surface area contributed by atoms with Gasteiger partial charge in [-0.1, -0.05) is 43.7 Å². The summed E-state index contributed by atoms with van der Waals surface area (Å²) in [7, 11) is 1.37. The molecular formula is C25H29N3O7. The van der Waals surface area contributed by atoms with E-state index >= 15 is 0 Å². The predicted molar refractivity (Wildman–Crippen MR) is 128 cm³/mol. The van der Waals surface area contributed by atoms with Gasteiger partial charge in [-0.15, -0.1) is 0 Å². The maximum absolute atomic E-state index is 13.0. The van der Waals surface area contributed by atoms with Crippen LogP contribution >= 0.6 is 0 Å². The molecule has 186 valence electrons. The summed E-state index contributed by atoms with van der Waals surface area (Å²) in [6, 6.07) is 10.5. The highest BCUT2D eigenvalue weighted by Crippen LogP contribution is 2.42. The van der Waals surface area contributed by atoms with E-state index in [1.54, 1.807) is 13.8 Å². The molecule has 1 heterocycles. The van der Waals surface area contributed by atoms with Crippen molar-refractivity contribution in [2.24, 2.45) is 0 Å². The second-order valence-corrected chi connectivity index (χ2v) is 8.23. The Balaban J connectivity index is 2.09. The molecule has 2 N–H and O–H groups in total. The van der Waals surface area contributed by atoms with E-state index in [0.29, 0.717) is 24.1 Å². The number of urea groups is 1. The molecule has 2 amide bonds. The van der Waals surface area contributed by atoms with Gasteiger partial charge in [-0.2, -0.15) is 0 Å². The van der Waals surface area contributed by atoms with Crippen molar-refractivity contribution in [2.75, 3.05) is 7.11 Å². The molecule has 10 nitrogen and oxygen atoms in total. The average molecular weight is 484 g/mol. The summed E-state index contributed by atoms with van der Waals surface area (Å²) in [4.78, 5) is 36.9. The lowest BCUT2D eigenvalue weighted by molar-refractivity contribution is -0.386. The molecule has 10 heteroatoms. The number of nitrogens with one attached hydrogen (secondary N) is 2. The molecule has 2 aromatic carbocycles. The van der Waals surface area contributed by atoms with Gasteiger partial charge in [-0.3, -0.25) is 10.1 Å². The first-order chi connectivity index (χ1) is 16.7. The van der Waals surface area contributed by atoms with E-state index in [1.165, 1.54) is 19.2 Å². The fraction of sp³-hybridized carbons (Fsp3) is 0.360. The minimum atomic E-state index is -0.979. The Bertz CT molecular complexity index is 1130. The molecule has 1 unspecified atom stereocenters. The highest BCUT2D eigenvalue weighted by Gasteiger charge is 2.36. The van der Waals surface area contributed by atoms with Gasteiger partial charge >= 0.3 is 17.7 Å². The number of nitro groups is 1. The summed E-state index contributed by atoms with van der Waals surface area (Å²) in [5.41, 5.74) is 1.37. The number of carbonyl (C=O) groups is 2. The molecule has 0 aliphatic carbocycles. The van der Waals surface area contributed by atoms with Crippen molar-refractivity contribution >= 4 is 17.7 Å². The lowest BCUT2D eigenvalue weighted by Crippen LogP contribution is -2.46. The highest BCUT2D eigenvalue weighted by molar-refractivity contribution is 5.95. The monoisotopic (exact) mass is 483 g/mol. The molecule has 35 heavy (non-hydrogen) atoms. The van der Waals surface area contributed by atoms with Crippen LogP contribution in [-0.4, -0.2) is 30.1 Å². The van der Waals surface area contributed by atoms with E-state index in [1.807, 2.05) is 37.3 Å². The average Bonchev–Trinajstić information content (AvgIpc) is 2.82. The van der Waals surface area contributed by atoms with Crippen molar-refractivity contribution < 1.29 is 28.7 Å². The van der Waals surface area contributed by atoms with Gasteiger partial charge in [0.2, 0.25) is 5.75 Å². The zero-order valence-corrected chi connectivity index (χ0v) is 20.1. The lowest BCUT2D eigenvalue weighted by Gasteiger charge is -2.30. The van der Waals surface area contributed by atoms with Crippen molar-refractivity contribution in [3.8, 4) is 11.5 Å². The topological polar surface area (TPSA) is 129 Å². The Hall–Kier alpha value is -4.08. The SMILES string of the molecule is CCCC1=C(C(=O)OC(C)C)C(c2cc(OC)c(OCc3ccccc3)c([N+](=O)[O-])c2)NC(=O)N1. The van der Waals surface area contributed by atoms with Crippen molar-refractivity contribution in [1.82, 2.24) is 10.6 Å². The number of nitro benzene ring substituents is 1. The van der Waals surface area contributed by atoms with Crippen LogP contribution in [0.4, 0.5) is 10.5 Å². The third kappa shape index (κ3) is 6.08. The van der Waals surface area contributed by atoms with E-state index in [0.717, 1.165) is 5.56 Å². The summed E-state index contributed by atoms with van der Waals surface area (Å²) in [5.74, 6) is -0.562. The van der Waals surface area contributed by atoms with Gasteiger partial charge in [0.1, 0.15) is 6.61 Å². The van der Waals surface area contributed by atoms with E-state index in [2.05, 4.69) is 10.6 Å². The molecule has 0 fully saturated rings. The summed E-state index contributed by atoms with van der Waals surface area (Å²) in [6.45, 7) is 5.44. The number of benzene rings is 2. The molecule has 0 saturated carbocycles. The Kier molecular flexibility index (Phi) is 8.30. The highest BCUT2D eigenvalue weighted by atomic mass is 16.6. The molecule has 3 rings (SSSR count). The van der Waals surface area contributed by atoms with Crippen LogP contribution in [0, 0.1) is 10.1 Å². The summed E-state index contributed by atoms with van der Waals surface area (Å²) < 4.78 is 16.6. The summed E-state index contributed by atoms with van der Waals surface area (Å²) >= 11 is 0. The van der Waals surface area contributed by atoms with Crippen LogP contribution in [0.5, 0.6) is 11.5 Å². The Morgan fingerprint density at radius 2 is 1.91 bits per heavy atom. The van der Waals surface area contributed by atoms with Crippen LogP contribution in [0.1, 0.15) is 50.8 Å². The Morgan fingerprint density at radius 1 is 1.20 bits per heavy atom. The van der Waals surface area contributed by atoms with Gasteiger partial charge in [-0.05, 0) is 37.5 Å². The number of esters is 1.